The van der Waals surface area contributed by atoms with Gasteiger partial charge in [-0.05, 0) is 50.9 Å². The summed E-state index contributed by atoms with van der Waals surface area (Å²) in [5.41, 5.74) is 2.53. The van der Waals surface area contributed by atoms with Gasteiger partial charge < -0.3 is 4.90 Å². The molecule has 25 heavy (non-hydrogen) atoms. The van der Waals surface area contributed by atoms with Gasteiger partial charge in [0.05, 0.1) is 18.5 Å². The fourth-order valence-corrected chi connectivity index (χ4v) is 4.88. The molecule has 0 atom stereocenters. The van der Waals surface area contributed by atoms with Crippen molar-refractivity contribution in [3.63, 3.8) is 0 Å². The summed E-state index contributed by atoms with van der Waals surface area (Å²) >= 11 is 1.73. The number of aryl methyl sites for hydroxylation is 2. The molecule has 0 radical (unpaired) electrons. The van der Waals surface area contributed by atoms with Gasteiger partial charge in [0, 0.05) is 4.88 Å². The van der Waals surface area contributed by atoms with Crippen LogP contribution in [0.3, 0.4) is 0 Å². The van der Waals surface area contributed by atoms with Crippen LogP contribution in [-0.2, 0) is 25.9 Å². The van der Waals surface area contributed by atoms with Crippen molar-refractivity contribution in [2.24, 2.45) is 0 Å². The minimum atomic E-state index is 0.130. The number of aromatic nitrogens is 2. The van der Waals surface area contributed by atoms with E-state index < -0.39 is 0 Å². The molecule has 1 aliphatic carbocycles. The minimum absolute atomic E-state index is 0.130. The molecule has 3 aromatic rings. The Morgan fingerprint density at radius 3 is 2.68 bits per heavy atom. The fourth-order valence-electron chi connectivity index (χ4n) is 3.61. The highest BCUT2D eigenvalue weighted by atomic mass is 32.1. The maximum atomic E-state index is 13.4. The third-order valence-electron chi connectivity index (χ3n) is 4.80. The Bertz CT molecular complexity index is 956. The molecule has 5 heteroatoms. The molecule has 1 aromatic carbocycles. The van der Waals surface area contributed by atoms with Crippen LogP contribution in [0.4, 0.5) is 0 Å². The summed E-state index contributed by atoms with van der Waals surface area (Å²) in [5, 5.41) is 0.873. The molecule has 0 saturated heterocycles. The average Bonchev–Trinajstić information content (AvgIpc) is 2.97. The van der Waals surface area contributed by atoms with Crippen molar-refractivity contribution in [1.29, 1.82) is 0 Å². The van der Waals surface area contributed by atoms with E-state index in [1.54, 1.807) is 11.3 Å². The molecule has 2 heterocycles. The van der Waals surface area contributed by atoms with Gasteiger partial charge >= 0.3 is 0 Å². The van der Waals surface area contributed by atoms with Crippen LogP contribution in [0, 0.1) is 0 Å². The first kappa shape index (κ1) is 16.5. The van der Waals surface area contributed by atoms with E-state index >= 15 is 0 Å². The molecule has 4 nitrogen and oxygen atoms in total. The van der Waals surface area contributed by atoms with Crippen LogP contribution < -0.4 is 5.56 Å². The maximum absolute atomic E-state index is 13.4. The molecule has 0 saturated carbocycles. The molecule has 0 bridgehead atoms. The Morgan fingerprint density at radius 2 is 1.92 bits per heavy atom. The van der Waals surface area contributed by atoms with E-state index in [2.05, 4.69) is 17.0 Å². The van der Waals surface area contributed by atoms with Crippen LogP contribution in [0.2, 0.25) is 0 Å². The number of nitrogens with zero attached hydrogens (tertiary/aromatic N) is 3. The summed E-state index contributed by atoms with van der Waals surface area (Å²) in [6, 6.07) is 10.2. The highest BCUT2D eigenvalue weighted by molar-refractivity contribution is 7.18. The van der Waals surface area contributed by atoms with E-state index in [1.807, 2.05) is 36.9 Å². The smallest absolute Gasteiger partial charge is 0.262 e. The van der Waals surface area contributed by atoms with E-state index in [9.17, 15) is 4.79 Å². The van der Waals surface area contributed by atoms with E-state index in [0.717, 1.165) is 34.4 Å². The standard InChI is InChI=1S/C20H23N3OS/c1-22(2)13-17-21-19-18(15-10-6-7-11-16(15)25-19)20(24)23(17)12-14-8-4-3-5-9-14/h3-5,8-9H,6-7,10-13H2,1-2H3. The van der Waals surface area contributed by atoms with E-state index in [0.29, 0.717) is 13.1 Å². The summed E-state index contributed by atoms with van der Waals surface area (Å²) in [5.74, 6) is 0.852. The predicted octanol–water partition coefficient (Wildman–Crippen LogP) is 3.45. The van der Waals surface area contributed by atoms with Gasteiger partial charge in [-0.2, -0.15) is 0 Å². The van der Waals surface area contributed by atoms with E-state index in [4.69, 9.17) is 4.98 Å². The molecule has 2 aromatic heterocycles. The molecule has 130 valence electrons. The fraction of sp³-hybridized carbons (Fsp3) is 0.400. The van der Waals surface area contributed by atoms with Gasteiger partial charge in [0.2, 0.25) is 0 Å². The van der Waals surface area contributed by atoms with Crippen molar-refractivity contribution in [3.05, 3.63) is 62.5 Å². The Labute approximate surface area is 151 Å². The number of fused-ring (bicyclic) bond motifs is 3. The average molecular weight is 353 g/mol. The highest BCUT2D eigenvalue weighted by Crippen LogP contribution is 2.33. The van der Waals surface area contributed by atoms with Crippen LogP contribution in [0.15, 0.2) is 35.1 Å². The Morgan fingerprint density at radius 1 is 1.16 bits per heavy atom. The van der Waals surface area contributed by atoms with Gasteiger partial charge in [0.1, 0.15) is 10.7 Å². The summed E-state index contributed by atoms with van der Waals surface area (Å²) in [6.45, 7) is 1.25. The van der Waals surface area contributed by atoms with Crippen molar-refractivity contribution < 1.29 is 0 Å². The SMILES string of the molecule is CN(C)Cc1nc2sc3c(c2c(=O)n1Cc1ccccc1)CCCC3. The molecular weight excluding hydrogens is 330 g/mol. The Hall–Kier alpha value is -1.98. The summed E-state index contributed by atoms with van der Waals surface area (Å²) in [7, 11) is 4.03. The molecule has 0 amide bonds. The lowest BCUT2D eigenvalue weighted by atomic mass is 9.97. The van der Waals surface area contributed by atoms with Crippen molar-refractivity contribution in [2.45, 2.75) is 38.8 Å². The van der Waals surface area contributed by atoms with Crippen molar-refractivity contribution in [2.75, 3.05) is 14.1 Å². The molecule has 0 unspecified atom stereocenters. The van der Waals surface area contributed by atoms with Crippen molar-refractivity contribution >= 4 is 21.6 Å². The summed E-state index contributed by atoms with van der Waals surface area (Å²) in [6.07, 6.45) is 4.51. The zero-order chi connectivity index (χ0) is 17.4. The lowest BCUT2D eigenvalue weighted by Gasteiger charge is -2.16. The van der Waals surface area contributed by atoms with Crippen LogP contribution in [0.5, 0.6) is 0 Å². The van der Waals surface area contributed by atoms with Crippen molar-refractivity contribution in [3.8, 4) is 0 Å². The van der Waals surface area contributed by atoms with Crippen LogP contribution in [0.1, 0.15) is 34.7 Å². The monoisotopic (exact) mass is 353 g/mol. The van der Waals surface area contributed by atoms with Gasteiger partial charge in [-0.3, -0.25) is 9.36 Å². The van der Waals surface area contributed by atoms with Gasteiger partial charge in [-0.25, -0.2) is 4.98 Å². The van der Waals surface area contributed by atoms with Crippen molar-refractivity contribution in [1.82, 2.24) is 14.5 Å². The number of thiophene rings is 1. The van der Waals surface area contributed by atoms with Crippen LogP contribution >= 0.6 is 11.3 Å². The number of rotatable bonds is 4. The molecule has 0 aliphatic heterocycles. The predicted molar refractivity (Wildman–Crippen MR) is 103 cm³/mol. The number of benzene rings is 1. The molecule has 0 N–H and O–H groups in total. The minimum Gasteiger partial charge on any atom is -0.302 e. The van der Waals surface area contributed by atoms with Gasteiger partial charge in [-0.1, -0.05) is 30.3 Å². The molecule has 0 fully saturated rings. The lowest BCUT2D eigenvalue weighted by Crippen LogP contribution is -2.29. The van der Waals surface area contributed by atoms with Gasteiger partial charge in [0.25, 0.3) is 5.56 Å². The quantitative estimate of drug-likeness (QED) is 0.721. The van der Waals surface area contributed by atoms with Gasteiger partial charge in [-0.15, -0.1) is 11.3 Å². The first-order valence-electron chi connectivity index (χ1n) is 8.86. The lowest BCUT2D eigenvalue weighted by molar-refractivity contribution is 0.379. The normalized spacial score (nSPS) is 14.2. The first-order valence-corrected chi connectivity index (χ1v) is 9.68. The van der Waals surface area contributed by atoms with Crippen LogP contribution in [0.25, 0.3) is 10.2 Å². The first-order chi connectivity index (χ1) is 12.1. The zero-order valence-corrected chi connectivity index (χ0v) is 15.6. The van der Waals surface area contributed by atoms with E-state index in [1.165, 1.54) is 23.3 Å². The zero-order valence-electron chi connectivity index (χ0n) is 14.8. The van der Waals surface area contributed by atoms with Gasteiger partial charge in [0.15, 0.2) is 0 Å². The summed E-state index contributed by atoms with van der Waals surface area (Å²) in [4.78, 5) is 22.7. The highest BCUT2D eigenvalue weighted by Gasteiger charge is 2.22. The molecule has 4 rings (SSSR count). The van der Waals surface area contributed by atoms with Crippen LogP contribution in [-0.4, -0.2) is 28.5 Å². The second-order valence-corrected chi connectivity index (χ2v) is 8.12. The number of hydrogen-bond donors (Lipinski definition) is 0. The Balaban J connectivity index is 1.91. The third kappa shape index (κ3) is 3.14. The topological polar surface area (TPSA) is 38.1 Å². The second-order valence-electron chi connectivity index (χ2n) is 7.03. The maximum Gasteiger partial charge on any atom is 0.262 e. The summed E-state index contributed by atoms with van der Waals surface area (Å²) < 4.78 is 1.87. The number of hydrogen-bond acceptors (Lipinski definition) is 4. The molecular formula is C20H23N3OS. The molecule has 1 aliphatic rings. The molecule has 0 spiro atoms. The van der Waals surface area contributed by atoms with E-state index in [-0.39, 0.29) is 5.56 Å². The largest absolute Gasteiger partial charge is 0.302 e. The third-order valence-corrected chi connectivity index (χ3v) is 5.98. The second kappa shape index (κ2) is 6.73. The Kier molecular flexibility index (Phi) is 4.44.